The Labute approximate surface area is 221 Å². The maximum absolute atomic E-state index is 13.6. The van der Waals surface area contributed by atoms with Crippen LogP contribution in [0.25, 0.3) is 16.9 Å². The van der Waals surface area contributed by atoms with Crippen molar-refractivity contribution in [2.45, 2.75) is 59.3 Å². The lowest BCUT2D eigenvalue weighted by molar-refractivity contribution is -0.140. The van der Waals surface area contributed by atoms with E-state index in [1.165, 1.54) is 0 Å². The second-order valence-corrected chi connectivity index (χ2v) is 12.4. The molecule has 1 fully saturated rings. The first-order valence-electron chi connectivity index (χ1n) is 12.6. The number of allylic oxidation sites excluding steroid dienone is 2. The fraction of sp³-hybridized carbons (Fsp3) is 0.400. The van der Waals surface area contributed by atoms with E-state index in [2.05, 4.69) is 0 Å². The summed E-state index contributed by atoms with van der Waals surface area (Å²) in [5, 5.41) is 11.8. The summed E-state index contributed by atoms with van der Waals surface area (Å²) >= 11 is 6.11. The number of fused-ring (bicyclic) bond motifs is 1. The molecule has 192 valence electrons. The summed E-state index contributed by atoms with van der Waals surface area (Å²) < 4.78 is 1.89. The van der Waals surface area contributed by atoms with Gasteiger partial charge in [0.15, 0.2) is 5.78 Å². The largest absolute Gasteiger partial charge is 0.512 e. The van der Waals surface area contributed by atoms with Gasteiger partial charge in [-0.25, -0.2) is 4.98 Å². The van der Waals surface area contributed by atoms with Gasteiger partial charge in [0.05, 0.1) is 23.0 Å². The number of nitrogens with zero attached hydrogens (tertiary/aromatic N) is 2. The summed E-state index contributed by atoms with van der Waals surface area (Å²) in [5.74, 6) is -2.16. The second kappa shape index (κ2) is 8.95. The molecular weight excluding hydrogens is 488 g/mol. The van der Waals surface area contributed by atoms with Gasteiger partial charge in [0.25, 0.3) is 0 Å². The van der Waals surface area contributed by atoms with Crippen molar-refractivity contribution in [1.82, 2.24) is 9.38 Å². The normalized spacial score (nSPS) is 21.1. The minimum Gasteiger partial charge on any atom is -0.512 e. The molecule has 1 unspecified atom stereocenters. The van der Waals surface area contributed by atoms with E-state index in [1.807, 2.05) is 68.6 Å². The second-order valence-electron chi connectivity index (χ2n) is 12.0. The van der Waals surface area contributed by atoms with Crippen LogP contribution >= 0.6 is 11.6 Å². The number of rotatable bonds is 4. The number of hydrogen-bond donors (Lipinski definition) is 1. The molecule has 1 N–H and O–H groups in total. The SMILES string of the molecule is CC1(C)CC(=O)C(C(C2=C(O)CC(C)(C)CC2=O)c2nc(-c3ccc(Cl)cc3)n3ccccc23)C(=O)C1. The Morgan fingerprint density at radius 2 is 1.54 bits per heavy atom. The summed E-state index contributed by atoms with van der Waals surface area (Å²) in [4.78, 5) is 45.7. The maximum atomic E-state index is 13.6. The highest BCUT2D eigenvalue weighted by Gasteiger charge is 2.49. The van der Waals surface area contributed by atoms with Crippen LogP contribution in [0.2, 0.25) is 5.02 Å². The van der Waals surface area contributed by atoms with Crippen molar-refractivity contribution in [3.8, 4) is 11.4 Å². The van der Waals surface area contributed by atoms with Crippen molar-refractivity contribution in [2.24, 2.45) is 16.7 Å². The Hall–Kier alpha value is -3.25. The highest BCUT2D eigenvalue weighted by molar-refractivity contribution is 6.30. The van der Waals surface area contributed by atoms with Crippen molar-refractivity contribution < 1.29 is 19.5 Å². The van der Waals surface area contributed by atoms with E-state index in [-0.39, 0.29) is 47.9 Å². The Morgan fingerprint density at radius 1 is 0.919 bits per heavy atom. The van der Waals surface area contributed by atoms with E-state index in [1.54, 1.807) is 12.1 Å². The molecule has 0 amide bonds. The topological polar surface area (TPSA) is 88.7 Å². The molecule has 3 aromatic rings. The standard InChI is InChI=1S/C30H31ClN2O4/c1-29(2)13-20(34)24(21(35)14-29)26(25-22(36)15-30(3,4)16-23(25)37)27-19-7-5-6-12-33(19)28(32-27)17-8-10-18(31)11-9-17/h5-12,24,26,36H,13-16H2,1-4H3. The lowest BCUT2D eigenvalue weighted by atomic mass is 9.63. The fourth-order valence-corrected chi connectivity index (χ4v) is 6.11. The van der Waals surface area contributed by atoms with Gasteiger partial charge in [0.1, 0.15) is 23.2 Å². The molecule has 2 heterocycles. The first-order chi connectivity index (χ1) is 17.4. The van der Waals surface area contributed by atoms with Gasteiger partial charge in [-0.1, -0.05) is 45.4 Å². The molecule has 0 radical (unpaired) electrons. The number of halogens is 1. The lowest BCUT2D eigenvalue weighted by Crippen LogP contribution is -2.43. The van der Waals surface area contributed by atoms with E-state index < -0.39 is 22.7 Å². The van der Waals surface area contributed by atoms with E-state index >= 15 is 0 Å². The van der Waals surface area contributed by atoms with E-state index in [4.69, 9.17) is 16.6 Å². The Morgan fingerprint density at radius 3 is 2.16 bits per heavy atom. The first-order valence-corrected chi connectivity index (χ1v) is 13.0. The monoisotopic (exact) mass is 518 g/mol. The number of imidazole rings is 1. The highest BCUT2D eigenvalue weighted by Crippen LogP contribution is 2.48. The molecule has 1 saturated carbocycles. The van der Waals surface area contributed by atoms with Gasteiger partial charge in [0.2, 0.25) is 0 Å². The smallest absolute Gasteiger partial charge is 0.163 e. The average molecular weight is 519 g/mol. The molecule has 7 heteroatoms. The zero-order valence-electron chi connectivity index (χ0n) is 21.5. The average Bonchev–Trinajstić information content (AvgIpc) is 3.15. The Kier molecular flexibility index (Phi) is 6.14. The van der Waals surface area contributed by atoms with E-state index in [0.717, 1.165) is 5.56 Å². The van der Waals surface area contributed by atoms with Gasteiger partial charge in [-0.3, -0.25) is 18.8 Å². The molecule has 0 bridgehead atoms. The molecule has 0 saturated heterocycles. The van der Waals surface area contributed by atoms with Crippen LogP contribution in [-0.2, 0) is 14.4 Å². The zero-order valence-corrected chi connectivity index (χ0v) is 22.3. The highest BCUT2D eigenvalue weighted by atomic mass is 35.5. The molecule has 6 nitrogen and oxygen atoms in total. The Bertz CT molecular complexity index is 1440. The van der Waals surface area contributed by atoms with Crippen LogP contribution in [0.3, 0.4) is 0 Å². The fourth-order valence-electron chi connectivity index (χ4n) is 5.99. The van der Waals surface area contributed by atoms with Crippen LogP contribution in [0.5, 0.6) is 0 Å². The quantitative estimate of drug-likeness (QED) is 0.397. The number of hydrogen-bond acceptors (Lipinski definition) is 5. The van der Waals surface area contributed by atoms with Crippen LogP contribution in [0.15, 0.2) is 60.0 Å². The predicted molar refractivity (Wildman–Crippen MR) is 143 cm³/mol. The number of aliphatic hydroxyl groups excluding tert-OH is 1. The molecule has 1 aromatic carbocycles. The number of carbonyl (C=O) groups is 3. The number of pyridine rings is 1. The van der Waals surface area contributed by atoms with Crippen LogP contribution in [0, 0.1) is 16.7 Å². The van der Waals surface area contributed by atoms with Crippen LogP contribution in [-0.4, -0.2) is 31.8 Å². The summed E-state index contributed by atoms with van der Waals surface area (Å²) in [5.41, 5.74) is 1.22. The number of carbonyl (C=O) groups excluding carboxylic acids is 3. The first kappa shape index (κ1) is 25.4. The van der Waals surface area contributed by atoms with E-state index in [0.29, 0.717) is 28.5 Å². The summed E-state index contributed by atoms with van der Waals surface area (Å²) in [6.45, 7) is 7.67. The molecule has 1 atom stereocenters. The number of ketones is 3. The van der Waals surface area contributed by atoms with Crippen molar-refractivity contribution >= 4 is 34.5 Å². The third kappa shape index (κ3) is 4.63. The molecular formula is C30H31ClN2O4. The number of aliphatic hydroxyl groups is 1. The number of benzene rings is 1. The van der Waals surface area contributed by atoms with E-state index in [9.17, 15) is 19.5 Å². The number of Topliss-reactive ketones (excluding diaryl/α,β-unsaturated/α-hetero) is 3. The predicted octanol–water partition coefficient (Wildman–Crippen LogP) is 6.51. The molecule has 2 aromatic heterocycles. The minimum atomic E-state index is -1.08. The summed E-state index contributed by atoms with van der Waals surface area (Å²) in [7, 11) is 0. The van der Waals surface area contributed by atoms with Gasteiger partial charge in [0, 0.05) is 48.0 Å². The summed E-state index contributed by atoms with van der Waals surface area (Å²) in [6, 6.07) is 12.9. The van der Waals surface area contributed by atoms with Crippen molar-refractivity contribution in [2.75, 3.05) is 0 Å². The molecule has 5 rings (SSSR count). The van der Waals surface area contributed by atoms with Gasteiger partial charge >= 0.3 is 0 Å². The van der Waals surface area contributed by atoms with Gasteiger partial charge in [-0.2, -0.15) is 0 Å². The van der Waals surface area contributed by atoms with Gasteiger partial charge < -0.3 is 5.11 Å². The molecule has 0 spiro atoms. The van der Waals surface area contributed by atoms with Gasteiger partial charge in [-0.15, -0.1) is 0 Å². The minimum absolute atomic E-state index is 0.0539. The van der Waals surface area contributed by atoms with Crippen molar-refractivity contribution in [1.29, 1.82) is 0 Å². The Balaban J connectivity index is 1.77. The molecule has 2 aliphatic rings. The third-order valence-electron chi connectivity index (χ3n) is 7.51. The van der Waals surface area contributed by atoms with Crippen LogP contribution in [0.1, 0.15) is 65.0 Å². The van der Waals surface area contributed by atoms with Crippen LogP contribution in [0.4, 0.5) is 0 Å². The van der Waals surface area contributed by atoms with Crippen molar-refractivity contribution in [3.05, 3.63) is 70.7 Å². The molecule has 2 aliphatic carbocycles. The number of aromatic nitrogens is 2. The summed E-state index contributed by atoms with van der Waals surface area (Å²) in [6.07, 6.45) is 2.83. The van der Waals surface area contributed by atoms with Crippen molar-refractivity contribution in [3.63, 3.8) is 0 Å². The molecule has 37 heavy (non-hydrogen) atoms. The van der Waals surface area contributed by atoms with Gasteiger partial charge in [-0.05, 0) is 47.2 Å². The third-order valence-corrected chi connectivity index (χ3v) is 7.77. The van der Waals surface area contributed by atoms with Crippen LogP contribution < -0.4 is 0 Å². The maximum Gasteiger partial charge on any atom is 0.163 e. The lowest BCUT2D eigenvalue weighted by Gasteiger charge is -2.38. The molecule has 0 aliphatic heterocycles. The zero-order chi connectivity index (χ0) is 26.7.